The van der Waals surface area contributed by atoms with Crippen molar-refractivity contribution >= 4 is 34.0 Å². The van der Waals surface area contributed by atoms with Crippen LogP contribution in [0.4, 0.5) is 15.3 Å². The van der Waals surface area contributed by atoms with Crippen LogP contribution in [0, 0.1) is 17.1 Å². The fourth-order valence-corrected chi connectivity index (χ4v) is 6.58. The van der Waals surface area contributed by atoms with E-state index in [4.69, 9.17) is 9.97 Å². The summed E-state index contributed by atoms with van der Waals surface area (Å²) in [6, 6.07) is 8.93. The number of halogens is 1. The summed E-state index contributed by atoms with van der Waals surface area (Å²) < 4.78 is 15.5. The Kier molecular flexibility index (Phi) is 6.72. The molecule has 1 fully saturated rings. The van der Waals surface area contributed by atoms with Crippen LogP contribution in [0.1, 0.15) is 30.8 Å². The van der Waals surface area contributed by atoms with Crippen LogP contribution >= 0.6 is 23.1 Å². The number of hydrogen-bond acceptors (Lipinski definition) is 9. The normalized spacial score (nSPS) is 19.7. The molecule has 0 aliphatic carbocycles. The number of aryl methyl sites for hydroxylation is 1. The zero-order valence-corrected chi connectivity index (χ0v) is 22.0. The summed E-state index contributed by atoms with van der Waals surface area (Å²) in [5.74, 6) is 0.619. The summed E-state index contributed by atoms with van der Waals surface area (Å²) in [5, 5.41) is 11.4. The average molecular weight is 513 g/mol. The number of likely N-dealkylation sites (N-methyl/N-ethyl adjacent to an activating group) is 1. The van der Waals surface area contributed by atoms with Gasteiger partial charge in [0, 0.05) is 31.7 Å². The molecule has 2 aromatic heterocycles. The van der Waals surface area contributed by atoms with Gasteiger partial charge in [-0.05, 0) is 62.5 Å². The predicted molar refractivity (Wildman–Crippen MR) is 139 cm³/mol. The first-order chi connectivity index (χ1) is 16.9. The SMILES string of the molecule is CCc1nc2n(c1N(C)c1nc(-c3ccc(F)cc3)c(C#N)s1)NC(N1CCC(N(C)CC)C1)S2. The van der Waals surface area contributed by atoms with Crippen LogP contribution in [0.3, 0.4) is 0 Å². The average Bonchev–Trinajstić information content (AvgIpc) is 3.65. The quantitative estimate of drug-likeness (QED) is 0.502. The zero-order chi connectivity index (χ0) is 24.7. The van der Waals surface area contributed by atoms with E-state index in [0.717, 1.165) is 48.3 Å². The maximum Gasteiger partial charge on any atom is 0.192 e. The number of rotatable bonds is 7. The molecule has 1 N–H and O–H groups in total. The van der Waals surface area contributed by atoms with E-state index in [1.165, 1.54) is 29.9 Å². The van der Waals surface area contributed by atoms with E-state index in [9.17, 15) is 9.65 Å². The molecular weight excluding hydrogens is 483 g/mol. The maximum atomic E-state index is 13.4. The lowest BCUT2D eigenvalue weighted by Crippen LogP contribution is -2.40. The monoisotopic (exact) mass is 512 g/mol. The molecule has 1 saturated heterocycles. The molecule has 5 rings (SSSR count). The number of likely N-dealkylation sites (tertiary alicyclic amines) is 1. The first kappa shape index (κ1) is 24.1. The van der Waals surface area contributed by atoms with Gasteiger partial charge in [0.1, 0.15) is 28.0 Å². The van der Waals surface area contributed by atoms with Crippen molar-refractivity contribution in [3.63, 3.8) is 0 Å². The van der Waals surface area contributed by atoms with Crippen molar-refractivity contribution in [1.82, 2.24) is 24.4 Å². The van der Waals surface area contributed by atoms with Gasteiger partial charge in [-0.2, -0.15) is 5.26 Å². The highest BCUT2D eigenvalue weighted by Gasteiger charge is 2.37. The second-order valence-corrected chi connectivity index (χ2v) is 10.8. The number of hydrogen-bond donors (Lipinski definition) is 1. The Hall–Kier alpha value is -2.65. The number of thiazole rings is 1. The van der Waals surface area contributed by atoms with Crippen molar-refractivity contribution < 1.29 is 4.39 Å². The number of fused-ring (bicyclic) bond motifs is 1. The fourth-order valence-electron chi connectivity index (χ4n) is 4.63. The molecule has 184 valence electrons. The molecule has 0 spiro atoms. The minimum atomic E-state index is -0.314. The molecule has 35 heavy (non-hydrogen) atoms. The third-order valence-electron chi connectivity index (χ3n) is 6.77. The molecular formula is C24H29FN8S2. The van der Waals surface area contributed by atoms with E-state index >= 15 is 0 Å². The number of aromatic nitrogens is 3. The van der Waals surface area contributed by atoms with Gasteiger partial charge in [0.25, 0.3) is 0 Å². The number of benzene rings is 1. The second-order valence-electron chi connectivity index (χ2n) is 8.82. The van der Waals surface area contributed by atoms with Crippen LogP contribution in [0.25, 0.3) is 11.3 Å². The van der Waals surface area contributed by atoms with Gasteiger partial charge in [-0.25, -0.2) is 19.0 Å². The van der Waals surface area contributed by atoms with E-state index in [0.29, 0.717) is 21.7 Å². The van der Waals surface area contributed by atoms with Gasteiger partial charge in [0.15, 0.2) is 16.1 Å². The zero-order valence-electron chi connectivity index (χ0n) is 20.3. The molecule has 1 aromatic carbocycles. The molecule has 2 atom stereocenters. The minimum Gasteiger partial charge on any atom is -0.304 e. The van der Waals surface area contributed by atoms with Gasteiger partial charge in [0.05, 0.1) is 5.69 Å². The second kappa shape index (κ2) is 9.78. The van der Waals surface area contributed by atoms with Gasteiger partial charge in [-0.15, -0.1) is 0 Å². The van der Waals surface area contributed by atoms with Gasteiger partial charge in [-0.1, -0.05) is 25.2 Å². The number of nitrogens with one attached hydrogen (secondary N) is 1. The molecule has 4 heterocycles. The Bertz CT molecular complexity index is 1250. The molecule has 8 nitrogen and oxygen atoms in total. The van der Waals surface area contributed by atoms with Crippen molar-refractivity contribution in [1.29, 1.82) is 5.26 Å². The highest BCUT2D eigenvalue weighted by molar-refractivity contribution is 8.00. The number of thioether (sulfide) groups is 1. The molecule has 3 aromatic rings. The van der Waals surface area contributed by atoms with E-state index in [1.54, 1.807) is 23.9 Å². The summed E-state index contributed by atoms with van der Waals surface area (Å²) >= 11 is 3.08. The summed E-state index contributed by atoms with van der Waals surface area (Å²) in [6.45, 7) is 7.43. The summed E-state index contributed by atoms with van der Waals surface area (Å²) in [7, 11) is 4.15. The van der Waals surface area contributed by atoms with Crippen molar-refractivity contribution in [2.45, 2.75) is 43.4 Å². The standard InChI is InChI=1S/C24H29FN8S2/c1-5-18-21(31(4)22-28-20(19(13-26)34-22)15-7-9-16(25)10-8-15)33-23(27-18)35-24(29-33)32-12-11-17(14-32)30(3)6-2/h7-10,17,24,29H,5-6,11-12,14H2,1-4H3. The Morgan fingerprint density at radius 3 is 2.69 bits per heavy atom. The fraction of sp³-hybridized carbons (Fsp3) is 0.458. The Morgan fingerprint density at radius 1 is 1.23 bits per heavy atom. The first-order valence-corrected chi connectivity index (χ1v) is 13.5. The molecule has 2 aliphatic heterocycles. The molecule has 11 heteroatoms. The molecule has 0 bridgehead atoms. The molecule has 0 radical (unpaired) electrons. The van der Waals surface area contributed by atoms with E-state index < -0.39 is 0 Å². The topological polar surface area (TPSA) is 76.2 Å². The van der Waals surface area contributed by atoms with Crippen LogP contribution in [0.5, 0.6) is 0 Å². The maximum absolute atomic E-state index is 13.4. The van der Waals surface area contributed by atoms with Crippen LogP contribution in [-0.2, 0) is 6.42 Å². The van der Waals surface area contributed by atoms with Crippen molar-refractivity contribution in [3.05, 3.63) is 40.7 Å². The molecule has 0 saturated carbocycles. The van der Waals surface area contributed by atoms with Crippen LogP contribution in [0.15, 0.2) is 29.4 Å². The molecule has 2 unspecified atom stereocenters. The smallest absolute Gasteiger partial charge is 0.192 e. The lowest BCUT2D eigenvalue weighted by Gasteiger charge is -2.27. The minimum absolute atomic E-state index is 0.131. The van der Waals surface area contributed by atoms with Gasteiger partial charge >= 0.3 is 0 Å². The largest absolute Gasteiger partial charge is 0.304 e. The number of nitriles is 1. The van der Waals surface area contributed by atoms with Crippen LogP contribution in [-0.4, -0.2) is 69.7 Å². The van der Waals surface area contributed by atoms with Gasteiger partial charge < -0.3 is 9.80 Å². The molecule has 2 aliphatic rings. The Labute approximate surface area is 213 Å². The van der Waals surface area contributed by atoms with Crippen LogP contribution < -0.4 is 10.3 Å². The van der Waals surface area contributed by atoms with E-state index in [1.807, 2.05) is 11.9 Å². The Balaban J connectivity index is 1.41. The lowest BCUT2D eigenvalue weighted by molar-refractivity contribution is 0.239. The first-order valence-electron chi connectivity index (χ1n) is 11.8. The summed E-state index contributed by atoms with van der Waals surface area (Å²) in [4.78, 5) is 17.1. The van der Waals surface area contributed by atoms with Crippen molar-refractivity contribution in [3.8, 4) is 17.3 Å². The van der Waals surface area contributed by atoms with Gasteiger partial charge in [0.2, 0.25) is 0 Å². The Morgan fingerprint density at radius 2 is 2.00 bits per heavy atom. The number of anilines is 2. The summed E-state index contributed by atoms with van der Waals surface area (Å²) in [6.07, 6.45) is 1.95. The lowest BCUT2D eigenvalue weighted by atomic mass is 10.1. The van der Waals surface area contributed by atoms with Crippen LogP contribution in [0.2, 0.25) is 0 Å². The number of imidazole rings is 1. The predicted octanol–water partition coefficient (Wildman–Crippen LogP) is 4.31. The highest BCUT2D eigenvalue weighted by Crippen LogP contribution is 2.41. The van der Waals surface area contributed by atoms with Gasteiger partial charge in [-0.3, -0.25) is 10.3 Å². The third kappa shape index (κ3) is 4.40. The summed E-state index contributed by atoms with van der Waals surface area (Å²) in [5.41, 5.74) is 6.06. The third-order valence-corrected chi connectivity index (χ3v) is 8.92. The number of nitrogens with zero attached hydrogens (tertiary/aromatic N) is 7. The van der Waals surface area contributed by atoms with E-state index in [-0.39, 0.29) is 11.3 Å². The van der Waals surface area contributed by atoms with Crippen molar-refractivity contribution in [2.75, 3.05) is 44.1 Å². The van der Waals surface area contributed by atoms with E-state index in [2.05, 4.69) is 46.9 Å². The molecule has 0 amide bonds. The highest BCUT2D eigenvalue weighted by atomic mass is 32.2. The van der Waals surface area contributed by atoms with Crippen molar-refractivity contribution in [2.24, 2.45) is 0 Å².